The zero-order chi connectivity index (χ0) is 11.3. The van der Waals surface area contributed by atoms with E-state index in [1.807, 2.05) is 0 Å². The van der Waals surface area contributed by atoms with E-state index in [-0.39, 0.29) is 17.9 Å². The van der Waals surface area contributed by atoms with Crippen LogP contribution < -0.4 is 11.1 Å². The summed E-state index contributed by atoms with van der Waals surface area (Å²) in [7, 11) is 0. The summed E-state index contributed by atoms with van der Waals surface area (Å²) >= 11 is 0. The van der Waals surface area contributed by atoms with Crippen molar-refractivity contribution in [3.63, 3.8) is 0 Å². The fourth-order valence-corrected chi connectivity index (χ4v) is 2.23. The average Bonchev–Trinajstić information content (AvgIpc) is 2.22. The molecule has 0 aromatic rings. The van der Waals surface area contributed by atoms with Gasteiger partial charge < -0.3 is 11.1 Å². The number of unbranched alkanes of at least 4 members (excludes halogenated alkanes) is 1. The van der Waals surface area contributed by atoms with Crippen LogP contribution in [0.25, 0.3) is 0 Å². The molecular weight excluding hydrogens is 188 g/mol. The molecule has 1 saturated carbocycles. The summed E-state index contributed by atoms with van der Waals surface area (Å²) in [5.74, 6) is 0.861. The molecule has 0 saturated heterocycles. The van der Waals surface area contributed by atoms with E-state index >= 15 is 0 Å². The van der Waals surface area contributed by atoms with E-state index < -0.39 is 0 Å². The lowest BCUT2D eigenvalue weighted by molar-refractivity contribution is -0.126. The van der Waals surface area contributed by atoms with E-state index in [0.29, 0.717) is 5.92 Å². The van der Waals surface area contributed by atoms with Gasteiger partial charge in [0.05, 0.1) is 5.92 Å². The molecule has 0 heterocycles. The summed E-state index contributed by atoms with van der Waals surface area (Å²) in [6, 6.07) is 0.0721. The number of hydrogen-bond donors (Lipinski definition) is 2. The fraction of sp³-hybridized carbons (Fsp3) is 0.917. The van der Waals surface area contributed by atoms with E-state index in [4.69, 9.17) is 5.73 Å². The summed E-state index contributed by atoms with van der Waals surface area (Å²) < 4.78 is 0. The van der Waals surface area contributed by atoms with Crippen molar-refractivity contribution in [3.05, 3.63) is 0 Å². The molecule has 1 fully saturated rings. The van der Waals surface area contributed by atoms with Crippen LogP contribution in [0.4, 0.5) is 0 Å². The minimum absolute atomic E-state index is 0.0469. The van der Waals surface area contributed by atoms with Gasteiger partial charge in [-0.05, 0) is 31.6 Å². The third-order valence-corrected chi connectivity index (χ3v) is 3.33. The molecule has 3 atom stereocenters. The largest absolute Gasteiger partial charge is 0.356 e. The molecular formula is C12H24N2O. The minimum Gasteiger partial charge on any atom is -0.356 e. The van der Waals surface area contributed by atoms with Gasteiger partial charge in [0.15, 0.2) is 0 Å². The summed E-state index contributed by atoms with van der Waals surface area (Å²) in [5.41, 5.74) is 5.99. The zero-order valence-corrected chi connectivity index (χ0v) is 9.96. The predicted octanol–water partition coefficient (Wildman–Crippen LogP) is 1.67. The maximum absolute atomic E-state index is 11.8. The van der Waals surface area contributed by atoms with Crippen molar-refractivity contribution in [2.45, 2.75) is 52.0 Å². The minimum atomic E-state index is 0.0469. The number of amides is 1. The second-order valence-corrected chi connectivity index (χ2v) is 4.83. The van der Waals surface area contributed by atoms with E-state index in [2.05, 4.69) is 19.2 Å². The van der Waals surface area contributed by atoms with Gasteiger partial charge in [0.25, 0.3) is 0 Å². The summed E-state index contributed by atoms with van der Waals surface area (Å²) in [4.78, 5) is 11.8. The van der Waals surface area contributed by atoms with Crippen LogP contribution >= 0.6 is 0 Å². The van der Waals surface area contributed by atoms with E-state index in [1.54, 1.807) is 0 Å². The Morgan fingerprint density at radius 1 is 1.47 bits per heavy atom. The van der Waals surface area contributed by atoms with Gasteiger partial charge in [0.2, 0.25) is 5.91 Å². The van der Waals surface area contributed by atoms with Gasteiger partial charge in [-0.15, -0.1) is 0 Å². The van der Waals surface area contributed by atoms with Crippen LogP contribution in [0.1, 0.15) is 46.0 Å². The molecule has 3 unspecified atom stereocenters. The molecule has 3 heteroatoms. The number of carbonyl (C=O) groups excluding carboxylic acids is 1. The van der Waals surface area contributed by atoms with Crippen LogP contribution in [0.15, 0.2) is 0 Å². The molecule has 0 aromatic heterocycles. The topological polar surface area (TPSA) is 55.1 Å². The van der Waals surface area contributed by atoms with Crippen molar-refractivity contribution in [1.29, 1.82) is 0 Å². The van der Waals surface area contributed by atoms with E-state index in [9.17, 15) is 4.79 Å². The Balaban J connectivity index is 2.35. The summed E-state index contributed by atoms with van der Waals surface area (Å²) in [5, 5.41) is 2.99. The lowest BCUT2D eigenvalue weighted by atomic mass is 9.79. The van der Waals surface area contributed by atoms with Crippen LogP contribution in [0, 0.1) is 11.8 Å². The highest BCUT2D eigenvalue weighted by molar-refractivity contribution is 5.79. The highest BCUT2D eigenvalue weighted by Gasteiger charge is 2.30. The van der Waals surface area contributed by atoms with E-state index in [0.717, 1.165) is 32.2 Å². The maximum atomic E-state index is 11.8. The first kappa shape index (κ1) is 12.5. The van der Waals surface area contributed by atoms with E-state index in [1.165, 1.54) is 6.42 Å². The van der Waals surface area contributed by atoms with Crippen LogP contribution in [-0.2, 0) is 4.79 Å². The molecule has 1 aliphatic carbocycles. The molecule has 0 spiro atoms. The fourth-order valence-electron chi connectivity index (χ4n) is 2.23. The molecule has 15 heavy (non-hydrogen) atoms. The second-order valence-electron chi connectivity index (χ2n) is 4.83. The monoisotopic (exact) mass is 212 g/mol. The van der Waals surface area contributed by atoms with Crippen molar-refractivity contribution in [2.24, 2.45) is 17.6 Å². The Kier molecular flexibility index (Phi) is 5.09. The molecule has 0 aliphatic heterocycles. The lowest BCUT2D eigenvalue weighted by Gasteiger charge is -2.31. The molecule has 0 aromatic carbocycles. The molecule has 0 bridgehead atoms. The number of rotatable bonds is 4. The standard InChI is InChI=1S/C12H24N2O/c1-3-4-7-14-12(15)10-8-9(2)5-6-11(10)13/h9-11H,3-8,13H2,1-2H3,(H,14,15). The third-order valence-electron chi connectivity index (χ3n) is 3.33. The number of nitrogens with one attached hydrogen (secondary N) is 1. The van der Waals surface area contributed by atoms with Gasteiger partial charge in [-0.1, -0.05) is 20.3 Å². The molecule has 88 valence electrons. The first-order valence-electron chi connectivity index (χ1n) is 6.18. The zero-order valence-electron chi connectivity index (χ0n) is 9.96. The molecule has 1 amide bonds. The van der Waals surface area contributed by atoms with Gasteiger partial charge in [-0.3, -0.25) is 4.79 Å². The Bertz CT molecular complexity index is 206. The first-order chi connectivity index (χ1) is 7.15. The Hall–Kier alpha value is -0.570. The molecule has 3 nitrogen and oxygen atoms in total. The van der Waals surface area contributed by atoms with Gasteiger partial charge in [-0.2, -0.15) is 0 Å². The second kappa shape index (κ2) is 6.11. The van der Waals surface area contributed by atoms with Crippen LogP contribution in [0.5, 0.6) is 0 Å². The maximum Gasteiger partial charge on any atom is 0.224 e. The lowest BCUT2D eigenvalue weighted by Crippen LogP contribution is -2.45. The predicted molar refractivity (Wildman–Crippen MR) is 62.4 cm³/mol. The van der Waals surface area contributed by atoms with Crippen LogP contribution in [-0.4, -0.2) is 18.5 Å². The summed E-state index contributed by atoms with van der Waals surface area (Å²) in [6.45, 7) is 5.13. The van der Waals surface area contributed by atoms with Gasteiger partial charge >= 0.3 is 0 Å². The van der Waals surface area contributed by atoms with Gasteiger partial charge in [-0.25, -0.2) is 0 Å². The smallest absolute Gasteiger partial charge is 0.224 e. The van der Waals surface area contributed by atoms with Crippen molar-refractivity contribution in [3.8, 4) is 0 Å². The SMILES string of the molecule is CCCCNC(=O)C1CC(C)CCC1N. The Labute approximate surface area is 92.8 Å². The van der Waals surface area contributed by atoms with Crippen molar-refractivity contribution in [1.82, 2.24) is 5.32 Å². The Morgan fingerprint density at radius 3 is 2.87 bits per heavy atom. The van der Waals surface area contributed by atoms with Gasteiger partial charge in [0.1, 0.15) is 0 Å². The third kappa shape index (κ3) is 3.82. The number of nitrogens with two attached hydrogens (primary N) is 1. The van der Waals surface area contributed by atoms with Crippen molar-refractivity contribution < 1.29 is 4.79 Å². The Morgan fingerprint density at radius 2 is 2.20 bits per heavy atom. The molecule has 1 aliphatic rings. The summed E-state index contributed by atoms with van der Waals surface area (Å²) in [6.07, 6.45) is 5.29. The van der Waals surface area contributed by atoms with Crippen molar-refractivity contribution >= 4 is 5.91 Å². The quantitative estimate of drug-likeness (QED) is 0.696. The highest BCUT2D eigenvalue weighted by atomic mass is 16.1. The number of carbonyl (C=O) groups is 1. The molecule has 0 radical (unpaired) electrons. The van der Waals surface area contributed by atoms with Crippen molar-refractivity contribution in [2.75, 3.05) is 6.54 Å². The highest BCUT2D eigenvalue weighted by Crippen LogP contribution is 2.27. The molecule has 1 rings (SSSR count). The first-order valence-corrected chi connectivity index (χ1v) is 6.18. The van der Waals surface area contributed by atoms with Gasteiger partial charge in [0, 0.05) is 12.6 Å². The number of hydrogen-bond acceptors (Lipinski definition) is 2. The molecule has 3 N–H and O–H groups in total. The van der Waals surface area contributed by atoms with Crippen LogP contribution in [0.3, 0.4) is 0 Å². The van der Waals surface area contributed by atoms with Crippen LogP contribution in [0.2, 0.25) is 0 Å². The average molecular weight is 212 g/mol. The normalized spacial score (nSPS) is 31.3.